The van der Waals surface area contributed by atoms with Crippen molar-refractivity contribution in [1.29, 1.82) is 0 Å². The van der Waals surface area contributed by atoms with Crippen LogP contribution in [0.25, 0.3) is 11.0 Å². The van der Waals surface area contributed by atoms with E-state index in [0.717, 1.165) is 30.2 Å². The van der Waals surface area contributed by atoms with E-state index in [0.29, 0.717) is 21.9 Å². The molecule has 0 fully saturated rings. The van der Waals surface area contributed by atoms with Crippen molar-refractivity contribution in [3.05, 3.63) is 74.1 Å². The average Bonchev–Trinajstić information content (AvgIpc) is 3.12. The number of ether oxygens (including phenoxy) is 2. The van der Waals surface area contributed by atoms with Crippen LogP contribution in [-0.2, 0) is 29.0 Å². The summed E-state index contributed by atoms with van der Waals surface area (Å²) in [5.41, 5.74) is 4.14. The standard InChI is InChI=1S/C22H19ClO5/c1-13-5-6-18(23)20(7-13)26-12-22(25)27-11-16-10-21(24)28-19-9-15-4-2-3-14(15)8-17(16)19/h5-10H,2-4,11-12H2,1H3. The maximum absolute atomic E-state index is 12.1. The molecule has 2 aromatic carbocycles. The molecule has 28 heavy (non-hydrogen) atoms. The van der Waals surface area contributed by atoms with Gasteiger partial charge in [-0.2, -0.15) is 0 Å². The number of halogens is 1. The van der Waals surface area contributed by atoms with Crippen molar-refractivity contribution in [1.82, 2.24) is 0 Å². The Balaban J connectivity index is 1.47. The largest absolute Gasteiger partial charge is 0.480 e. The summed E-state index contributed by atoms with van der Waals surface area (Å²) in [5, 5.41) is 1.23. The molecular formula is C22H19ClO5. The molecule has 6 heteroatoms. The van der Waals surface area contributed by atoms with Crippen molar-refractivity contribution in [2.24, 2.45) is 0 Å². The summed E-state index contributed by atoms with van der Waals surface area (Å²) in [6.45, 7) is 1.62. The lowest BCUT2D eigenvalue weighted by molar-refractivity contribution is -0.147. The minimum atomic E-state index is -0.542. The predicted octanol–water partition coefficient (Wildman–Crippen LogP) is 4.37. The zero-order chi connectivity index (χ0) is 19.7. The molecule has 0 bridgehead atoms. The van der Waals surface area contributed by atoms with Crippen molar-refractivity contribution >= 4 is 28.5 Å². The molecule has 0 unspecified atom stereocenters. The fourth-order valence-corrected chi connectivity index (χ4v) is 3.64. The number of hydrogen-bond acceptors (Lipinski definition) is 5. The van der Waals surface area contributed by atoms with Gasteiger partial charge < -0.3 is 13.9 Å². The first-order valence-corrected chi connectivity index (χ1v) is 9.50. The van der Waals surface area contributed by atoms with Gasteiger partial charge in [0.1, 0.15) is 17.9 Å². The van der Waals surface area contributed by atoms with Crippen molar-refractivity contribution in [2.75, 3.05) is 6.61 Å². The molecule has 4 rings (SSSR count). The molecule has 0 radical (unpaired) electrons. The minimum absolute atomic E-state index is 0.0232. The number of carbonyl (C=O) groups is 1. The van der Waals surface area contributed by atoms with Crippen LogP contribution in [0.1, 0.15) is 28.7 Å². The predicted molar refractivity (Wildman–Crippen MR) is 106 cm³/mol. The van der Waals surface area contributed by atoms with Gasteiger partial charge in [-0.1, -0.05) is 17.7 Å². The molecule has 1 aromatic heterocycles. The van der Waals surface area contributed by atoms with Gasteiger partial charge in [0.25, 0.3) is 0 Å². The molecule has 0 atom stereocenters. The average molecular weight is 399 g/mol. The number of benzene rings is 2. The highest BCUT2D eigenvalue weighted by Crippen LogP contribution is 2.29. The normalized spacial score (nSPS) is 12.8. The third kappa shape index (κ3) is 3.90. The number of fused-ring (bicyclic) bond motifs is 2. The molecule has 1 heterocycles. The topological polar surface area (TPSA) is 65.7 Å². The molecule has 0 saturated heterocycles. The van der Waals surface area contributed by atoms with Crippen LogP contribution in [0.3, 0.4) is 0 Å². The van der Waals surface area contributed by atoms with E-state index in [-0.39, 0.29) is 13.2 Å². The quantitative estimate of drug-likeness (QED) is 0.471. The van der Waals surface area contributed by atoms with Gasteiger partial charge in [0, 0.05) is 17.0 Å². The van der Waals surface area contributed by atoms with E-state index in [4.69, 9.17) is 25.5 Å². The summed E-state index contributed by atoms with van der Waals surface area (Å²) >= 11 is 6.06. The maximum atomic E-state index is 12.1. The summed E-state index contributed by atoms with van der Waals surface area (Å²) in [7, 11) is 0. The maximum Gasteiger partial charge on any atom is 0.344 e. The number of carbonyl (C=O) groups excluding carboxylic acids is 1. The highest BCUT2D eigenvalue weighted by atomic mass is 35.5. The lowest BCUT2D eigenvalue weighted by Gasteiger charge is -2.10. The fourth-order valence-electron chi connectivity index (χ4n) is 3.47. The SMILES string of the molecule is Cc1ccc(Cl)c(OCC(=O)OCc2cc(=O)oc3cc4c(cc23)CCC4)c1. The van der Waals surface area contributed by atoms with Gasteiger partial charge in [-0.3, -0.25) is 0 Å². The Hall–Kier alpha value is -2.79. The van der Waals surface area contributed by atoms with Crippen molar-refractivity contribution in [3.63, 3.8) is 0 Å². The molecular weight excluding hydrogens is 380 g/mol. The molecule has 0 spiro atoms. The lowest BCUT2D eigenvalue weighted by atomic mass is 10.0. The summed E-state index contributed by atoms with van der Waals surface area (Å²) in [6, 6.07) is 10.7. The Bertz CT molecular complexity index is 1120. The van der Waals surface area contributed by atoms with E-state index >= 15 is 0 Å². The summed E-state index contributed by atoms with van der Waals surface area (Å²) < 4.78 is 16.1. The first kappa shape index (κ1) is 18.6. The smallest absolute Gasteiger partial charge is 0.344 e. The first-order chi connectivity index (χ1) is 13.5. The Morgan fingerprint density at radius 1 is 1.14 bits per heavy atom. The molecule has 0 saturated carbocycles. The van der Waals surface area contributed by atoms with Gasteiger partial charge in [0.05, 0.1) is 5.02 Å². The van der Waals surface area contributed by atoms with E-state index in [1.165, 1.54) is 17.2 Å². The van der Waals surface area contributed by atoms with Crippen LogP contribution in [0.4, 0.5) is 0 Å². The zero-order valence-corrected chi connectivity index (χ0v) is 16.2. The van der Waals surface area contributed by atoms with E-state index in [1.54, 1.807) is 12.1 Å². The van der Waals surface area contributed by atoms with Gasteiger partial charge in [0.15, 0.2) is 6.61 Å². The molecule has 5 nitrogen and oxygen atoms in total. The highest BCUT2D eigenvalue weighted by Gasteiger charge is 2.16. The molecule has 1 aliphatic rings. The highest BCUT2D eigenvalue weighted by molar-refractivity contribution is 6.32. The second-order valence-electron chi connectivity index (χ2n) is 6.94. The summed E-state index contributed by atoms with van der Waals surface area (Å²) in [6.07, 6.45) is 3.10. The Morgan fingerprint density at radius 3 is 2.75 bits per heavy atom. The van der Waals surface area contributed by atoms with Gasteiger partial charge >= 0.3 is 11.6 Å². The van der Waals surface area contributed by atoms with Crippen LogP contribution in [-0.4, -0.2) is 12.6 Å². The number of rotatable bonds is 5. The molecule has 1 aliphatic carbocycles. The van der Waals surface area contributed by atoms with Crippen LogP contribution in [0.15, 0.2) is 45.6 Å². The number of hydrogen-bond donors (Lipinski definition) is 0. The van der Waals surface area contributed by atoms with Crippen LogP contribution in [0.5, 0.6) is 5.75 Å². The van der Waals surface area contributed by atoms with Crippen LogP contribution in [0.2, 0.25) is 5.02 Å². The van der Waals surface area contributed by atoms with Gasteiger partial charge in [-0.05, 0) is 67.1 Å². The van der Waals surface area contributed by atoms with E-state index in [2.05, 4.69) is 0 Å². The minimum Gasteiger partial charge on any atom is -0.480 e. The molecule has 0 amide bonds. The third-order valence-corrected chi connectivity index (χ3v) is 5.18. The monoisotopic (exact) mass is 398 g/mol. The van der Waals surface area contributed by atoms with Gasteiger partial charge in [-0.15, -0.1) is 0 Å². The van der Waals surface area contributed by atoms with Crippen molar-refractivity contribution in [2.45, 2.75) is 32.8 Å². The molecule has 0 N–H and O–H groups in total. The molecule has 0 aliphatic heterocycles. The Kier molecular flexibility index (Phi) is 5.09. The van der Waals surface area contributed by atoms with Gasteiger partial charge in [0.2, 0.25) is 0 Å². The van der Waals surface area contributed by atoms with Crippen molar-refractivity contribution < 1.29 is 18.7 Å². The third-order valence-electron chi connectivity index (χ3n) is 4.86. The first-order valence-electron chi connectivity index (χ1n) is 9.13. The fraction of sp³-hybridized carbons (Fsp3) is 0.273. The number of aryl methyl sites for hydroxylation is 3. The molecule has 144 valence electrons. The second kappa shape index (κ2) is 7.68. The zero-order valence-electron chi connectivity index (χ0n) is 15.4. The molecule has 3 aromatic rings. The summed E-state index contributed by atoms with van der Waals surface area (Å²) in [5.74, 6) is -0.111. The Labute approximate surface area is 166 Å². The van der Waals surface area contributed by atoms with E-state index < -0.39 is 11.6 Å². The van der Waals surface area contributed by atoms with Gasteiger partial charge in [-0.25, -0.2) is 9.59 Å². The number of esters is 1. The summed E-state index contributed by atoms with van der Waals surface area (Å²) in [4.78, 5) is 24.0. The van der Waals surface area contributed by atoms with Crippen molar-refractivity contribution in [3.8, 4) is 5.75 Å². The lowest BCUT2D eigenvalue weighted by Crippen LogP contribution is -2.15. The van der Waals surface area contributed by atoms with E-state index in [9.17, 15) is 9.59 Å². The van der Waals surface area contributed by atoms with Crippen LogP contribution in [0, 0.1) is 6.92 Å². The Morgan fingerprint density at radius 2 is 1.93 bits per heavy atom. The van der Waals surface area contributed by atoms with Crippen LogP contribution < -0.4 is 10.4 Å². The van der Waals surface area contributed by atoms with E-state index in [1.807, 2.05) is 25.1 Å². The van der Waals surface area contributed by atoms with Crippen LogP contribution >= 0.6 is 11.6 Å². The second-order valence-corrected chi connectivity index (χ2v) is 7.35.